The summed E-state index contributed by atoms with van der Waals surface area (Å²) in [5.74, 6) is 0. The highest BCUT2D eigenvalue weighted by molar-refractivity contribution is 7.08. The Labute approximate surface area is 107 Å². The fraction of sp³-hybridized carbons (Fsp3) is 0.0769. The molecule has 0 saturated heterocycles. The fourth-order valence-electron chi connectivity index (χ4n) is 1.82. The second-order valence-corrected chi connectivity index (χ2v) is 4.72. The number of aromatic amines is 1. The van der Waals surface area contributed by atoms with Crippen molar-refractivity contribution in [1.82, 2.24) is 9.97 Å². The molecule has 1 aromatic carbocycles. The van der Waals surface area contributed by atoms with Crippen LogP contribution >= 0.6 is 11.3 Å². The molecule has 0 unspecified atom stereocenters. The summed E-state index contributed by atoms with van der Waals surface area (Å²) in [6, 6.07) is 7.17. The Morgan fingerprint density at radius 2 is 2.22 bits per heavy atom. The Morgan fingerprint density at radius 3 is 2.94 bits per heavy atom. The molecule has 0 saturated carbocycles. The van der Waals surface area contributed by atoms with Crippen molar-refractivity contribution in [2.45, 2.75) is 6.61 Å². The third-order valence-corrected chi connectivity index (χ3v) is 3.42. The molecule has 0 bridgehead atoms. The fourth-order valence-corrected chi connectivity index (χ4v) is 2.46. The topological polar surface area (TPSA) is 66.0 Å². The summed E-state index contributed by atoms with van der Waals surface area (Å²) in [6.07, 6.45) is 0. The number of aliphatic hydroxyl groups is 1. The monoisotopic (exact) mass is 258 g/mol. The van der Waals surface area contributed by atoms with E-state index in [9.17, 15) is 4.79 Å². The van der Waals surface area contributed by atoms with Gasteiger partial charge in [0.2, 0.25) is 0 Å². The van der Waals surface area contributed by atoms with Crippen LogP contribution in [0.3, 0.4) is 0 Å². The maximum absolute atomic E-state index is 11.9. The molecule has 0 spiro atoms. The number of benzene rings is 1. The molecule has 3 aromatic rings. The van der Waals surface area contributed by atoms with Gasteiger partial charge in [-0.3, -0.25) is 4.79 Å². The lowest BCUT2D eigenvalue weighted by molar-refractivity contribution is 0.282. The van der Waals surface area contributed by atoms with Gasteiger partial charge in [0, 0.05) is 10.9 Å². The Kier molecular flexibility index (Phi) is 2.70. The predicted molar refractivity (Wildman–Crippen MR) is 71.6 cm³/mol. The van der Waals surface area contributed by atoms with E-state index in [1.807, 2.05) is 16.8 Å². The first-order valence-electron chi connectivity index (χ1n) is 5.44. The van der Waals surface area contributed by atoms with Crippen molar-refractivity contribution in [1.29, 1.82) is 0 Å². The molecule has 5 heteroatoms. The van der Waals surface area contributed by atoms with Crippen molar-refractivity contribution in [3.05, 3.63) is 50.9 Å². The van der Waals surface area contributed by atoms with E-state index in [4.69, 9.17) is 5.11 Å². The maximum Gasteiger partial charge on any atom is 0.274 e. The third kappa shape index (κ3) is 1.83. The number of rotatable bonds is 2. The number of hydrogen-bond donors (Lipinski definition) is 2. The first kappa shape index (κ1) is 11.1. The second-order valence-electron chi connectivity index (χ2n) is 3.94. The van der Waals surface area contributed by atoms with Crippen LogP contribution in [-0.2, 0) is 6.61 Å². The van der Waals surface area contributed by atoms with Gasteiger partial charge in [0.15, 0.2) is 0 Å². The van der Waals surface area contributed by atoms with Crippen molar-refractivity contribution in [2.75, 3.05) is 0 Å². The molecule has 0 fully saturated rings. The van der Waals surface area contributed by atoms with Crippen LogP contribution in [0.5, 0.6) is 0 Å². The zero-order valence-corrected chi connectivity index (χ0v) is 10.2. The Balaban J connectivity index is 2.28. The Morgan fingerprint density at radius 1 is 1.33 bits per heavy atom. The van der Waals surface area contributed by atoms with Gasteiger partial charge in [0.1, 0.15) is 5.69 Å². The molecule has 3 rings (SSSR count). The lowest BCUT2D eigenvalue weighted by Gasteiger charge is -2.02. The molecule has 2 aromatic heterocycles. The number of thiophene rings is 1. The summed E-state index contributed by atoms with van der Waals surface area (Å²) in [6.45, 7) is -0.0372. The SMILES string of the molecule is O=c1[nH]c2ccc(CO)cc2nc1-c1ccsc1. The maximum atomic E-state index is 11.9. The van der Waals surface area contributed by atoms with Crippen LogP contribution in [0.15, 0.2) is 39.8 Å². The normalized spacial score (nSPS) is 10.9. The van der Waals surface area contributed by atoms with E-state index in [1.54, 1.807) is 18.2 Å². The highest BCUT2D eigenvalue weighted by atomic mass is 32.1. The number of hydrogen-bond acceptors (Lipinski definition) is 4. The van der Waals surface area contributed by atoms with E-state index in [2.05, 4.69) is 9.97 Å². The zero-order valence-electron chi connectivity index (χ0n) is 9.38. The number of aliphatic hydroxyl groups excluding tert-OH is 1. The standard InChI is InChI=1S/C13H10N2O2S/c16-6-8-1-2-10-11(5-8)14-12(13(17)15-10)9-3-4-18-7-9/h1-5,7,16H,6H2,(H,15,17). The van der Waals surface area contributed by atoms with Gasteiger partial charge in [0.05, 0.1) is 17.6 Å². The largest absolute Gasteiger partial charge is 0.392 e. The van der Waals surface area contributed by atoms with E-state index < -0.39 is 0 Å². The molecular weight excluding hydrogens is 248 g/mol. The molecular formula is C13H10N2O2S. The highest BCUT2D eigenvalue weighted by Crippen LogP contribution is 2.19. The lowest BCUT2D eigenvalue weighted by atomic mass is 10.2. The van der Waals surface area contributed by atoms with Crippen LogP contribution in [0.25, 0.3) is 22.3 Å². The molecule has 90 valence electrons. The van der Waals surface area contributed by atoms with E-state index in [-0.39, 0.29) is 12.2 Å². The second kappa shape index (κ2) is 4.36. The summed E-state index contributed by atoms with van der Waals surface area (Å²) in [7, 11) is 0. The van der Waals surface area contributed by atoms with Crippen molar-refractivity contribution >= 4 is 22.4 Å². The number of fused-ring (bicyclic) bond motifs is 1. The van der Waals surface area contributed by atoms with Gasteiger partial charge in [0.25, 0.3) is 5.56 Å². The van der Waals surface area contributed by atoms with Gasteiger partial charge >= 0.3 is 0 Å². The molecule has 0 aliphatic carbocycles. The minimum absolute atomic E-state index is 0.0372. The van der Waals surface area contributed by atoms with Crippen LogP contribution in [0.1, 0.15) is 5.56 Å². The van der Waals surface area contributed by atoms with Gasteiger partial charge in [-0.05, 0) is 29.1 Å². The summed E-state index contributed by atoms with van der Waals surface area (Å²) < 4.78 is 0. The van der Waals surface area contributed by atoms with Gasteiger partial charge in [-0.1, -0.05) is 6.07 Å². The smallest absolute Gasteiger partial charge is 0.274 e. The van der Waals surface area contributed by atoms with E-state index in [0.29, 0.717) is 16.7 Å². The van der Waals surface area contributed by atoms with Crippen LogP contribution < -0.4 is 5.56 Å². The first-order chi connectivity index (χ1) is 8.78. The van der Waals surface area contributed by atoms with Gasteiger partial charge in [-0.25, -0.2) is 4.98 Å². The average molecular weight is 258 g/mol. The van der Waals surface area contributed by atoms with Gasteiger partial charge in [-0.2, -0.15) is 11.3 Å². The molecule has 18 heavy (non-hydrogen) atoms. The van der Waals surface area contributed by atoms with Gasteiger partial charge < -0.3 is 10.1 Å². The van der Waals surface area contributed by atoms with Crippen molar-refractivity contribution in [3.63, 3.8) is 0 Å². The third-order valence-electron chi connectivity index (χ3n) is 2.73. The molecule has 0 amide bonds. The summed E-state index contributed by atoms with van der Waals surface area (Å²) in [4.78, 5) is 19.1. The molecule has 0 radical (unpaired) electrons. The quantitative estimate of drug-likeness (QED) is 0.740. The number of nitrogens with zero attached hydrogens (tertiary/aromatic N) is 1. The summed E-state index contributed by atoms with van der Waals surface area (Å²) in [5.41, 5.74) is 3.17. The number of H-pyrrole nitrogens is 1. The molecule has 4 nitrogen and oxygen atoms in total. The van der Waals surface area contributed by atoms with Crippen LogP contribution in [0.4, 0.5) is 0 Å². The predicted octanol–water partition coefficient (Wildman–Crippen LogP) is 2.14. The molecule has 0 aliphatic heterocycles. The lowest BCUT2D eigenvalue weighted by Crippen LogP contribution is -2.11. The molecule has 2 N–H and O–H groups in total. The molecule has 0 aliphatic rings. The Hall–Kier alpha value is -1.98. The van der Waals surface area contributed by atoms with Crippen molar-refractivity contribution in [2.24, 2.45) is 0 Å². The van der Waals surface area contributed by atoms with Crippen molar-refractivity contribution < 1.29 is 5.11 Å². The van der Waals surface area contributed by atoms with E-state index in [1.165, 1.54) is 11.3 Å². The summed E-state index contributed by atoms with van der Waals surface area (Å²) >= 11 is 1.52. The number of nitrogens with one attached hydrogen (secondary N) is 1. The van der Waals surface area contributed by atoms with Crippen LogP contribution in [-0.4, -0.2) is 15.1 Å². The number of aromatic nitrogens is 2. The molecule has 2 heterocycles. The van der Waals surface area contributed by atoms with Crippen LogP contribution in [0.2, 0.25) is 0 Å². The first-order valence-corrected chi connectivity index (χ1v) is 6.38. The van der Waals surface area contributed by atoms with Crippen molar-refractivity contribution in [3.8, 4) is 11.3 Å². The highest BCUT2D eigenvalue weighted by Gasteiger charge is 2.08. The zero-order chi connectivity index (χ0) is 12.5. The minimum atomic E-state index is -0.197. The average Bonchev–Trinajstić information content (AvgIpc) is 2.91. The van der Waals surface area contributed by atoms with E-state index >= 15 is 0 Å². The van der Waals surface area contributed by atoms with E-state index in [0.717, 1.165) is 11.1 Å². The molecule has 0 atom stereocenters. The van der Waals surface area contributed by atoms with Crippen LogP contribution in [0, 0.1) is 0 Å². The minimum Gasteiger partial charge on any atom is -0.392 e. The van der Waals surface area contributed by atoms with Gasteiger partial charge in [-0.15, -0.1) is 0 Å². The Bertz CT molecular complexity index is 747. The summed E-state index contributed by atoms with van der Waals surface area (Å²) in [5, 5.41) is 12.9.